The maximum atomic E-state index is 13.2. The molecule has 2 aromatic rings. The molecular formula is C18H21N3O6S. The lowest BCUT2D eigenvalue weighted by molar-refractivity contribution is 0.0277. The molecule has 150 valence electrons. The molecule has 2 saturated heterocycles. The lowest BCUT2D eigenvalue weighted by Gasteiger charge is -2.27. The second-order valence-electron chi connectivity index (χ2n) is 6.45. The number of nitrogens with zero attached hydrogens (tertiary/aromatic N) is 3. The molecule has 0 spiro atoms. The topological polar surface area (TPSA) is 102 Å². The van der Waals surface area contributed by atoms with Crippen LogP contribution in [0.4, 0.5) is 5.88 Å². The van der Waals surface area contributed by atoms with Gasteiger partial charge in [0.15, 0.2) is 0 Å². The van der Waals surface area contributed by atoms with Gasteiger partial charge in [0.05, 0.1) is 31.3 Å². The number of sulfone groups is 1. The minimum Gasteiger partial charge on any atom is -0.415 e. The van der Waals surface area contributed by atoms with E-state index in [1.807, 2.05) is 0 Å². The van der Waals surface area contributed by atoms with Gasteiger partial charge >= 0.3 is 5.91 Å². The Morgan fingerprint density at radius 3 is 2.18 bits per heavy atom. The van der Waals surface area contributed by atoms with Crippen molar-refractivity contribution in [2.24, 2.45) is 0 Å². The van der Waals surface area contributed by atoms with E-state index in [1.54, 1.807) is 28.0 Å². The van der Waals surface area contributed by atoms with Crippen LogP contribution in [0.1, 0.15) is 10.7 Å². The minimum atomic E-state index is -3.95. The number of hydrogen-bond acceptors (Lipinski definition) is 8. The van der Waals surface area contributed by atoms with Crippen LogP contribution in [0.25, 0.3) is 0 Å². The molecule has 2 aliphatic rings. The zero-order valence-electron chi connectivity index (χ0n) is 15.2. The number of anilines is 1. The molecule has 4 rings (SSSR count). The number of rotatable bonds is 4. The monoisotopic (exact) mass is 407 g/mol. The second-order valence-corrected chi connectivity index (χ2v) is 8.31. The summed E-state index contributed by atoms with van der Waals surface area (Å²) in [5.41, 5.74) is 0. The van der Waals surface area contributed by atoms with E-state index in [2.05, 4.69) is 4.98 Å². The van der Waals surface area contributed by atoms with Crippen molar-refractivity contribution in [3.63, 3.8) is 0 Å². The molecule has 1 aromatic heterocycles. The highest BCUT2D eigenvalue weighted by Gasteiger charge is 2.34. The highest BCUT2D eigenvalue weighted by Crippen LogP contribution is 2.32. The molecule has 9 nitrogen and oxygen atoms in total. The van der Waals surface area contributed by atoms with Crippen LogP contribution < -0.4 is 4.90 Å². The summed E-state index contributed by atoms with van der Waals surface area (Å²) in [5.74, 6) is -0.575. The van der Waals surface area contributed by atoms with Crippen LogP contribution in [0.2, 0.25) is 0 Å². The Morgan fingerprint density at radius 2 is 1.54 bits per heavy atom. The number of carbonyl (C=O) groups is 1. The van der Waals surface area contributed by atoms with E-state index in [-0.39, 0.29) is 21.7 Å². The molecule has 2 aliphatic heterocycles. The lowest BCUT2D eigenvalue weighted by Crippen LogP contribution is -2.40. The van der Waals surface area contributed by atoms with Crippen molar-refractivity contribution in [1.82, 2.24) is 9.88 Å². The first kappa shape index (κ1) is 18.9. The van der Waals surface area contributed by atoms with Crippen molar-refractivity contribution >= 4 is 21.6 Å². The molecule has 2 fully saturated rings. The van der Waals surface area contributed by atoms with E-state index in [1.165, 1.54) is 12.1 Å². The van der Waals surface area contributed by atoms with Crippen LogP contribution in [0.3, 0.4) is 0 Å². The Morgan fingerprint density at radius 1 is 0.929 bits per heavy atom. The van der Waals surface area contributed by atoms with E-state index in [0.29, 0.717) is 52.6 Å². The van der Waals surface area contributed by atoms with Crippen LogP contribution >= 0.6 is 0 Å². The average molecular weight is 407 g/mol. The average Bonchev–Trinajstić information content (AvgIpc) is 3.21. The second kappa shape index (κ2) is 7.90. The molecule has 3 heterocycles. The summed E-state index contributed by atoms with van der Waals surface area (Å²) in [6.07, 6.45) is 0. The van der Waals surface area contributed by atoms with Crippen LogP contribution in [0, 0.1) is 0 Å². The van der Waals surface area contributed by atoms with Crippen LogP contribution in [0.5, 0.6) is 0 Å². The predicted octanol–water partition coefficient (Wildman–Crippen LogP) is 0.816. The van der Waals surface area contributed by atoms with Gasteiger partial charge in [-0.2, -0.15) is 4.98 Å². The van der Waals surface area contributed by atoms with Crippen LogP contribution in [-0.2, 0) is 19.3 Å². The number of amides is 1. The fourth-order valence-corrected chi connectivity index (χ4v) is 4.49. The van der Waals surface area contributed by atoms with Crippen molar-refractivity contribution in [2.75, 3.05) is 57.5 Å². The summed E-state index contributed by atoms with van der Waals surface area (Å²) in [7, 11) is -3.95. The Balaban J connectivity index is 1.75. The van der Waals surface area contributed by atoms with Crippen LogP contribution in [0.15, 0.2) is 44.7 Å². The summed E-state index contributed by atoms with van der Waals surface area (Å²) < 4.78 is 42.7. The van der Waals surface area contributed by atoms with Crippen LogP contribution in [-0.4, -0.2) is 76.8 Å². The van der Waals surface area contributed by atoms with Gasteiger partial charge in [-0.1, -0.05) is 18.2 Å². The molecule has 1 amide bonds. The van der Waals surface area contributed by atoms with Gasteiger partial charge < -0.3 is 23.7 Å². The van der Waals surface area contributed by atoms with Gasteiger partial charge in [-0.05, 0) is 12.1 Å². The standard InChI is InChI=1S/C18H21N3O6S/c22-17(20-6-10-25-11-7-20)15-19-16(18(27-15)21-8-12-26-13-9-21)28(23,24)14-4-2-1-3-5-14/h1-5H,6-13H2. The van der Waals surface area contributed by atoms with Gasteiger partial charge in [0.1, 0.15) is 0 Å². The van der Waals surface area contributed by atoms with E-state index < -0.39 is 15.7 Å². The molecule has 0 saturated carbocycles. The minimum absolute atomic E-state index is 0.0868. The van der Waals surface area contributed by atoms with Gasteiger partial charge in [0.2, 0.25) is 20.7 Å². The Bertz CT molecular complexity index is 931. The van der Waals surface area contributed by atoms with Gasteiger partial charge in [-0.15, -0.1) is 0 Å². The maximum absolute atomic E-state index is 13.2. The Hall–Kier alpha value is -2.43. The molecule has 0 aliphatic carbocycles. The highest BCUT2D eigenvalue weighted by molar-refractivity contribution is 7.91. The molecule has 0 unspecified atom stereocenters. The third-order valence-corrected chi connectivity index (χ3v) is 6.33. The first-order valence-electron chi connectivity index (χ1n) is 9.08. The molecule has 0 N–H and O–H groups in total. The van der Waals surface area contributed by atoms with Crippen molar-refractivity contribution < 1.29 is 27.1 Å². The number of benzene rings is 1. The van der Waals surface area contributed by atoms with E-state index in [0.717, 1.165) is 0 Å². The normalized spacial score (nSPS) is 18.3. The molecule has 0 atom stereocenters. The van der Waals surface area contributed by atoms with Gasteiger partial charge in [0.25, 0.3) is 5.89 Å². The lowest BCUT2D eigenvalue weighted by atomic mass is 10.4. The third-order valence-electron chi connectivity index (χ3n) is 4.67. The third kappa shape index (κ3) is 3.62. The molecule has 0 radical (unpaired) electrons. The zero-order chi connectivity index (χ0) is 19.6. The molecule has 0 bridgehead atoms. The van der Waals surface area contributed by atoms with Gasteiger partial charge in [-0.25, -0.2) is 8.42 Å². The summed E-state index contributed by atoms with van der Waals surface area (Å²) >= 11 is 0. The van der Waals surface area contributed by atoms with Gasteiger partial charge in [0, 0.05) is 26.2 Å². The molecular weight excluding hydrogens is 386 g/mol. The van der Waals surface area contributed by atoms with Crippen molar-refractivity contribution in [2.45, 2.75) is 9.92 Å². The van der Waals surface area contributed by atoms with E-state index >= 15 is 0 Å². The maximum Gasteiger partial charge on any atom is 0.309 e. The summed E-state index contributed by atoms with van der Waals surface area (Å²) in [6, 6.07) is 8.01. The number of morpholine rings is 2. The number of aromatic nitrogens is 1. The molecule has 1 aromatic carbocycles. The smallest absolute Gasteiger partial charge is 0.309 e. The largest absolute Gasteiger partial charge is 0.415 e. The van der Waals surface area contributed by atoms with Crippen molar-refractivity contribution in [3.05, 3.63) is 36.2 Å². The fourth-order valence-electron chi connectivity index (χ4n) is 3.14. The first-order valence-corrected chi connectivity index (χ1v) is 10.6. The van der Waals surface area contributed by atoms with E-state index in [9.17, 15) is 13.2 Å². The number of oxazole rings is 1. The number of hydrogen-bond donors (Lipinski definition) is 0. The SMILES string of the molecule is O=C(c1nc(S(=O)(=O)c2ccccc2)c(N2CCOCC2)o1)N1CCOCC1. The summed E-state index contributed by atoms with van der Waals surface area (Å²) in [4.78, 5) is 20.3. The Labute approximate surface area is 162 Å². The number of ether oxygens (including phenoxy) is 2. The van der Waals surface area contributed by atoms with Crippen molar-refractivity contribution in [3.8, 4) is 0 Å². The Kier molecular flexibility index (Phi) is 5.33. The molecule has 10 heteroatoms. The highest BCUT2D eigenvalue weighted by atomic mass is 32.2. The van der Waals surface area contributed by atoms with Crippen molar-refractivity contribution in [1.29, 1.82) is 0 Å². The summed E-state index contributed by atoms with van der Waals surface area (Å²) in [5, 5.41) is -0.239. The van der Waals surface area contributed by atoms with E-state index in [4.69, 9.17) is 13.9 Å². The molecule has 28 heavy (non-hydrogen) atoms. The number of carbonyl (C=O) groups excluding carboxylic acids is 1. The predicted molar refractivity (Wildman–Crippen MR) is 98.2 cm³/mol. The first-order chi connectivity index (χ1) is 13.6. The fraction of sp³-hybridized carbons (Fsp3) is 0.444. The quantitative estimate of drug-likeness (QED) is 0.734. The van der Waals surface area contributed by atoms with Gasteiger partial charge in [-0.3, -0.25) is 4.79 Å². The zero-order valence-corrected chi connectivity index (χ0v) is 16.1. The summed E-state index contributed by atoms with van der Waals surface area (Å²) in [6.45, 7) is 3.48.